The Bertz CT molecular complexity index is 433. The highest BCUT2D eigenvalue weighted by atomic mass is 19.4. The van der Waals surface area contributed by atoms with Gasteiger partial charge in [0.1, 0.15) is 0 Å². The van der Waals surface area contributed by atoms with Crippen LogP contribution in [-0.4, -0.2) is 25.3 Å². The summed E-state index contributed by atoms with van der Waals surface area (Å²) in [6, 6.07) is 4.51. The second-order valence-electron chi connectivity index (χ2n) is 3.18. The topological polar surface area (TPSA) is 44.8 Å². The first-order chi connectivity index (χ1) is 8.83. The van der Waals surface area contributed by atoms with E-state index in [-0.39, 0.29) is 6.61 Å². The molecule has 106 valence electrons. The molecule has 1 aromatic rings. The zero-order chi connectivity index (χ0) is 14.5. The number of ether oxygens (including phenoxy) is 3. The van der Waals surface area contributed by atoms with Crippen molar-refractivity contribution in [1.29, 1.82) is 0 Å². The standard InChI is InChI=1S/C11H10F4O4/c1-2-17-10(16)9(12)18-7-5-3-4-6-8(7)19-11(13,14)15/h3-6,9H,2H2,1H3. The minimum atomic E-state index is -4.95. The van der Waals surface area contributed by atoms with Crippen molar-refractivity contribution in [1.82, 2.24) is 0 Å². The molecule has 4 nitrogen and oxygen atoms in total. The number of benzene rings is 1. The summed E-state index contributed by atoms with van der Waals surface area (Å²) in [5.41, 5.74) is 0. The van der Waals surface area contributed by atoms with E-state index in [2.05, 4.69) is 14.2 Å². The summed E-state index contributed by atoms with van der Waals surface area (Å²) in [7, 11) is 0. The summed E-state index contributed by atoms with van der Waals surface area (Å²) in [5, 5.41) is 0. The molecular formula is C11H10F4O4. The first-order valence-corrected chi connectivity index (χ1v) is 5.15. The normalized spacial score (nSPS) is 12.7. The molecule has 0 spiro atoms. The molecule has 1 unspecified atom stereocenters. The summed E-state index contributed by atoms with van der Waals surface area (Å²) in [4.78, 5) is 11.0. The van der Waals surface area contributed by atoms with E-state index in [1.54, 1.807) is 0 Å². The Kier molecular flexibility index (Phi) is 4.96. The number of halogens is 4. The van der Waals surface area contributed by atoms with Crippen LogP contribution < -0.4 is 9.47 Å². The molecule has 0 heterocycles. The van der Waals surface area contributed by atoms with E-state index in [0.29, 0.717) is 0 Å². The van der Waals surface area contributed by atoms with Crippen molar-refractivity contribution in [2.24, 2.45) is 0 Å². The molecule has 0 fully saturated rings. The van der Waals surface area contributed by atoms with Crippen LogP contribution in [0.2, 0.25) is 0 Å². The van der Waals surface area contributed by atoms with Gasteiger partial charge in [-0.25, -0.2) is 4.79 Å². The maximum Gasteiger partial charge on any atom is 0.573 e. The van der Waals surface area contributed by atoms with Crippen molar-refractivity contribution in [3.8, 4) is 11.5 Å². The van der Waals surface area contributed by atoms with Gasteiger partial charge in [0, 0.05) is 0 Å². The van der Waals surface area contributed by atoms with Gasteiger partial charge in [-0.05, 0) is 19.1 Å². The third-order valence-electron chi connectivity index (χ3n) is 1.78. The van der Waals surface area contributed by atoms with Crippen LogP contribution in [0, 0.1) is 0 Å². The zero-order valence-electron chi connectivity index (χ0n) is 9.74. The van der Waals surface area contributed by atoms with Crippen molar-refractivity contribution >= 4 is 5.97 Å². The Morgan fingerprint density at radius 3 is 2.37 bits per heavy atom. The molecule has 0 bridgehead atoms. The van der Waals surface area contributed by atoms with E-state index < -0.39 is 30.2 Å². The van der Waals surface area contributed by atoms with Gasteiger partial charge in [0.05, 0.1) is 6.61 Å². The molecule has 19 heavy (non-hydrogen) atoms. The predicted octanol–water partition coefficient (Wildman–Crippen LogP) is 2.82. The lowest BCUT2D eigenvalue weighted by Gasteiger charge is -2.15. The highest BCUT2D eigenvalue weighted by molar-refractivity contribution is 5.73. The molecule has 0 N–H and O–H groups in total. The van der Waals surface area contributed by atoms with Gasteiger partial charge in [-0.3, -0.25) is 0 Å². The number of carbonyl (C=O) groups is 1. The monoisotopic (exact) mass is 282 g/mol. The average Bonchev–Trinajstić information content (AvgIpc) is 2.30. The molecule has 8 heteroatoms. The Morgan fingerprint density at radius 1 is 1.26 bits per heavy atom. The predicted molar refractivity (Wildman–Crippen MR) is 55.3 cm³/mol. The van der Waals surface area contributed by atoms with Crippen LogP contribution in [0.25, 0.3) is 0 Å². The van der Waals surface area contributed by atoms with Crippen molar-refractivity contribution in [2.45, 2.75) is 19.6 Å². The van der Waals surface area contributed by atoms with Gasteiger partial charge in [0.25, 0.3) is 0 Å². The smallest absolute Gasteiger partial charge is 0.461 e. The van der Waals surface area contributed by atoms with Crippen LogP contribution in [-0.2, 0) is 9.53 Å². The largest absolute Gasteiger partial charge is 0.573 e. The second kappa shape index (κ2) is 6.26. The number of rotatable bonds is 5. The van der Waals surface area contributed by atoms with Crippen molar-refractivity contribution in [2.75, 3.05) is 6.61 Å². The molecule has 0 saturated carbocycles. The SMILES string of the molecule is CCOC(=O)C(F)Oc1ccccc1OC(F)(F)F. The third kappa shape index (κ3) is 5.02. The van der Waals surface area contributed by atoms with E-state index >= 15 is 0 Å². The van der Waals surface area contributed by atoms with Gasteiger partial charge in [0.15, 0.2) is 11.5 Å². The molecule has 1 atom stereocenters. The molecule has 0 saturated heterocycles. The van der Waals surface area contributed by atoms with Gasteiger partial charge in [-0.1, -0.05) is 12.1 Å². The number of carbonyl (C=O) groups excluding carboxylic acids is 1. The molecule has 0 amide bonds. The van der Waals surface area contributed by atoms with Gasteiger partial charge in [0.2, 0.25) is 0 Å². The van der Waals surface area contributed by atoms with E-state index in [1.165, 1.54) is 19.1 Å². The maximum atomic E-state index is 13.2. The van der Waals surface area contributed by atoms with Gasteiger partial charge in [-0.2, -0.15) is 4.39 Å². The lowest BCUT2D eigenvalue weighted by molar-refractivity contribution is -0.275. The molecule has 0 aliphatic rings. The van der Waals surface area contributed by atoms with Crippen LogP contribution in [0.15, 0.2) is 24.3 Å². The molecule has 0 aromatic heterocycles. The highest BCUT2D eigenvalue weighted by Gasteiger charge is 2.33. The number of alkyl halides is 4. The van der Waals surface area contributed by atoms with Crippen LogP contribution >= 0.6 is 0 Å². The Labute approximate surface area is 105 Å². The highest BCUT2D eigenvalue weighted by Crippen LogP contribution is 2.32. The lowest BCUT2D eigenvalue weighted by atomic mass is 10.3. The fourth-order valence-corrected chi connectivity index (χ4v) is 1.12. The molecule has 1 rings (SSSR count). The Balaban J connectivity index is 2.80. The Hall–Kier alpha value is -1.99. The summed E-state index contributed by atoms with van der Waals surface area (Å²) >= 11 is 0. The van der Waals surface area contributed by atoms with Gasteiger partial charge in [-0.15, -0.1) is 13.2 Å². The van der Waals surface area contributed by atoms with Crippen molar-refractivity contribution in [3.05, 3.63) is 24.3 Å². The van der Waals surface area contributed by atoms with E-state index in [0.717, 1.165) is 12.1 Å². The van der Waals surface area contributed by atoms with E-state index in [4.69, 9.17) is 0 Å². The van der Waals surface area contributed by atoms with Crippen LogP contribution in [0.4, 0.5) is 17.6 Å². The zero-order valence-corrected chi connectivity index (χ0v) is 9.74. The lowest BCUT2D eigenvalue weighted by Crippen LogP contribution is -2.25. The van der Waals surface area contributed by atoms with Crippen molar-refractivity contribution in [3.63, 3.8) is 0 Å². The summed E-state index contributed by atoms with van der Waals surface area (Å²) in [6.45, 7) is 1.37. The molecule has 1 aromatic carbocycles. The minimum Gasteiger partial charge on any atom is -0.461 e. The van der Waals surface area contributed by atoms with Crippen LogP contribution in [0.3, 0.4) is 0 Å². The maximum absolute atomic E-state index is 13.2. The average molecular weight is 282 g/mol. The first-order valence-electron chi connectivity index (χ1n) is 5.15. The fraction of sp³-hybridized carbons (Fsp3) is 0.364. The summed E-state index contributed by atoms with van der Waals surface area (Å²) in [6.07, 6.45) is -7.48. The van der Waals surface area contributed by atoms with E-state index in [9.17, 15) is 22.4 Å². The number of esters is 1. The minimum absolute atomic E-state index is 0.0800. The molecular weight excluding hydrogens is 272 g/mol. The number of hydrogen-bond acceptors (Lipinski definition) is 4. The molecule has 0 aliphatic heterocycles. The third-order valence-corrected chi connectivity index (χ3v) is 1.78. The fourth-order valence-electron chi connectivity index (χ4n) is 1.12. The Morgan fingerprint density at radius 2 is 1.84 bits per heavy atom. The number of hydrogen-bond donors (Lipinski definition) is 0. The quantitative estimate of drug-likeness (QED) is 0.615. The summed E-state index contributed by atoms with van der Waals surface area (Å²) in [5.74, 6) is -2.63. The summed E-state index contributed by atoms with van der Waals surface area (Å²) < 4.78 is 61.9. The molecule has 0 aliphatic carbocycles. The van der Waals surface area contributed by atoms with Crippen LogP contribution in [0.5, 0.6) is 11.5 Å². The first kappa shape index (κ1) is 15.1. The number of para-hydroxylation sites is 2. The van der Waals surface area contributed by atoms with Crippen molar-refractivity contribution < 1.29 is 36.6 Å². The van der Waals surface area contributed by atoms with Gasteiger partial charge < -0.3 is 14.2 Å². The second-order valence-corrected chi connectivity index (χ2v) is 3.18. The van der Waals surface area contributed by atoms with Gasteiger partial charge >= 0.3 is 18.7 Å². The van der Waals surface area contributed by atoms with E-state index in [1.807, 2.05) is 0 Å². The molecule has 0 radical (unpaired) electrons. The van der Waals surface area contributed by atoms with Crippen LogP contribution in [0.1, 0.15) is 6.92 Å².